The number of esters is 1. The number of nitrogen functional groups attached to an aromatic ring is 1. The van der Waals surface area contributed by atoms with Crippen LogP contribution in [-0.4, -0.2) is 26.2 Å². The lowest BCUT2D eigenvalue weighted by Gasteiger charge is -2.21. The van der Waals surface area contributed by atoms with Crippen LogP contribution < -0.4 is 10.6 Å². The third-order valence-electron chi connectivity index (χ3n) is 4.12. The zero-order valence-electron chi connectivity index (χ0n) is 12.5. The molecule has 1 aliphatic heterocycles. The molecule has 6 heteroatoms. The first-order valence-electron chi connectivity index (χ1n) is 7.27. The molecule has 2 heterocycles. The SMILES string of the molecule is CCC1CCCN(c2sc(C(=O)OC)c(N)c2C#N)CC1. The lowest BCUT2D eigenvalue weighted by atomic mass is 9.98. The minimum absolute atomic E-state index is 0.251. The third-order valence-corrected chi connectivity index (χ3v) is 5.37. The molecular weight excluding hydrogens is 286 g/mol. The van der Waals surface area contributed by atoms with E-state index >= 15 is 0 Å². The zero-order valence-corrected chi connectivity index (χ0v) is 13.3. The number of nitriles is 1. The maximum atomic E-state index is 11.7. The van der Waals surface area contributed by atoms with Crippen LogP contribution in [0.4, 0.5) is 10.7 Å². The van der Waals surface area contributed by atoms with Gasteiger partial charge < -0.3 is 15.4 Å². The van der Waals surface area contributed by atoms with Crippen LogP contribution in [0.1, 0.15) is 47.8 Å². The smallest absolute Gasteiger partial charge is 0.350 e. The Morgan fingerprint density at radius 1 is 1.52 bits per heavy atom. The van der Waals surface area contributed by atoms with Gasteiger partial charge in [-0.1, -0.05) is 13.3 Å². The van der Waals surface area contributed by atoms with Crippen LogP contribution in [0.2, 0.25) is 0 Å². The molecule has 1 atom stereocenters. The molecule has 1 saturated heterocycles. The summed E-state index contributed by atoms with van der Waals surface area (Å²) in [6, 6.07) is 2.14. The van der Waals surface area contributed by atoms with Gasteiger partial charge in [-0.05, 0) is 25.2 Å². The summed E-state index contributed by atoms with van der Waals surface area (Å²) in [7, 11) is 1.32. The average molecular weight is 307 g/mol. The highest BCUT2D eigenvalue weighted by Crippen LogP contribution is 2.39. The minimum Gasteiger partial charge on any atom is -0.465 e. The van der Waals surface area contributed by atoms with E-state index in [-0.39, 0.29) is 5.69 Å². The van der Waals surface area contributed by atoms with Gasteiger partial charge >= 0.3 is 5.97 Å². The predicted molar refractivity (Wildman–Crippen MR) is 84.6 cm³/mol. The van der Waals surface area contributed by atoms with Crippen LogP contribution in [-0.2, 0) is 4.74 Å². The number of methoxy groups -OCH3 is 1. The number of hydrogen-bond donors (Lipinski definition) is 1. The molecule has 1 fully saturated rings. The highest BCUT2D eigenvalue weighted by atomic mass is 32.1. The summed E-state index contributed by atoms with van der Waals surface area (Å²) in [6.45, 7) is 4.04. The van der Waals surface area contributed by atoms with E-state index in [0.29, 0.717) is 10.4 Å². The van der Waals surface area contributed by atoms with E-state index in [1.807, 2.05) is 0 Å². The molecule has 1 aliphatic rings. The summed E-state index contributed by atoms with van der Waals surface area (Å²) in [5.74, 6) is 0.277. The number of carbonyl (C=O) groups excluding carboxylic acids is 1. The van der Waals surface area contributed by atoms with E-state index in [2.05, 4.69) is 17.9 Å². The lowest BCUT2D eigenvalue weighted by molar-refractivity contribution is 0.0607. The molecule has 21 heavy (non-hydrogen) atoms. The summed E-state index contributed by atoms with van der Waals surface area (Å²) in [5, 5.41) is 10.2. The standard InChI is InChI=1S/C15H21N3O2S/c1-3-10-5-4-7-18(8-6-10)14-11(9-16)12(17)13(21-14)15(19)20-2/h10H,3-8,17H2,1-2H3. The molecular formula is C15H21N3O2S. The number of nitrogens with zero attached hydrogens (tertiary/aromatic N) is 2. The third kappa shape index (κ3) is 3.13. The van der Waals surface area contributed by atoms with Crippen molar-refractivity contribution >= 4 is 28.0 Å². The van der Waals surface area contributed by atoms with Crippen molar-refractivity contribution in [1.29, 1.82) is 5.26 Å². The second-order valence-electron chi connectivity index (χ2n) is 5.32. The highest BCUT2D eigenvalue weighted by molar-refractivity contribution is 7.18. The van der Waals surface area contributed by atoms with Gasteiger partial charge in [0.25, 0.3) is 0 Å². The van der Waals surface area contributed by atoms with E-state index in [4.69, 9.17) is 10.5 Å². The number of ether oxygens (including phenoxy) is 1. The molecule has 0 aromatic carbocycles. The molecule has 2 rings (SSSR count). The van der Waals surface area contributed by atoms with Gasteiger partial charge in [0.1, 0.15) is 21.5 Å². The number of hydrogen-bond acceptors (Lipinski definition) is 6. The van der Waals surface area contributed by atoms with Crippen LogP contribution in [0.15, 0.2) is 0 Å². The normalized spacial score (nSPS) is 18.9. The summed E-state index contributed by atoms with van der Waals surface area (Å²) in [4.78, 5) is 14.3. The van der Waals surface area contributed by atoms with E-state index < -0.39 is 5.97 Å². The Kier molecular flexibility index (Phi) is 5.07. The number of carbonyl (C=O) groups is 1. The molecule has 0 amide bonds. The number of anilines is 2. The van der Waals surface area contributed by atoms with Crippen LogP contribution in [0, 0.1) is 17.2 Å². The Hall–Kier alpha value is -1.74. The van der Waals surface area contributed by atoms with Gasteiger partial charge in [-0.25, -0.2) is 4.79 Å². The molecule has 0 spiro atoms. The average Bonchev–Trinajstić information content (AvgIpc) is 2.68. The van der Waals surface area contributed by atoms with E-state index in [0.717, 1.165) is 36.9 Å². The van der Waals surface area contributed by atoms with Crippen molar-refractivity contribution < 1.29 is 9.53 Å². The zero-order chi connectivity index (χ0) is 15.4. The van der Waals surface area contributed by atoms with Gasteiger partial charge in [0.2, 0.25) is 0 Å². The second kappa shape index (κ2) is 6.81. The summed E-state index contributed by atoms with van der Waals surface area (Å²) in [5.41, 5.74) is 6.61. The van der Waals surface area contributed by atoms with Gasteiger partial charge in [-0.2, -0.15) is 5.26 Å². The molecule has 1 aromatic heterocycles. The molecule has 2 N–H and O–H groups in total. The van der Waals surface area contributed by atoms with Crippen molar-refractivity contribution in [2.75, 3.05) is 30.8 Å². The van der Waals surface area contributed by atoms with E-state index in [1.165, 1.54) is 31.3 Å². The Morgan fingerprint density at radius 2 is 2.29 bits per heavy atom. The van der Waals surface area contributed by atoms with Crippen molar-refractivity contribution in [2.24, 2.45) is 5.92 Å². The lowest BCUT2D eigenvalue weighted by Crippen LogP contribution is -2.24. The summed E-state index contributed by atoms with van der Waals surface area (Å²) >= 11 is 1.27. The maximum absolute atomic E-state index is 11.7. The Morgan fingerprint density at radius 3 is 2.90 bits per heavy atom. The van der Waals surface area contributed by atoms with Crippen molar-refractivity contribution in [1.82, 2.24) is 0 Å². The molecule has 5 nitrogen and oxygen atoms in total. The molecule has 114 valence electrons. The molecule has 1 aromatic rings. The molecule has 1 unspecified atom stereocenters. The summed E-state index contributed by atoms with van der Waals surface area (Å²) < 4.78 is 4.74. The van der Waals surface area contributed by atoms with Crippen LogP contribution in [0.3, 0.4) is 0 Å². The largest absolute Gasteiger partial charge is 0.465 e. The Labute approximate surface area is 129 Å². The van der Waals surface area contributed by atoms with E-state index in [1.54, 1.807) is 0 Å². The fourth-order valence-corrected chi connectivity index (χ4v) is 3.92. The number of rotatable bonds is 3. The number of thiophene rings is 1. The quantitative estimate of drug-likeness (QED) is 0.868. The Balaban J connectivity index is 2.31. The van der Waals surface area contributed by atoms with Crippen LogP contribution >= 0.6 is 11.3 Å². The topological polar surface area (TPSA) is 79.3 Å². The predicted octanol–water partition coefficient (Wildman–Crippen LogP) is 3.01. The fourth-order valence-electron chi connectivity index (χ4n) is 2.78. The highest BCUT2D eigenvalue weighted by Gasteiger charge is 2.26. The van der Waals surface area contributed by atoms with Gasteiger partial charge in [0.05, 0.1) is 12.8 Å². The monoisotopic (exact) mass is 307 g/mol. The maximum Gasteiger partial charge on any atom is 0.350 e. The second-order valence-corrected chi connectivity index (χ2v) is 6.32. The molecule has 0 saturated carbocycles. The van der Waals surface area contributed by atoms with Gasteiger partial charge in [0, 0.05) is 13.1 Å². The molecule has 0 bridgehead atoms. The first-order valence-corrected chi connectivity index (χ1v) is 8.09. The van der Waals surface area contributed by atoms with E-state index in [9.17, 15) is 10.1 Å². The Bertz CT molecular complexity index is 562. The van der Waals surface area contributed by atoms with Crippen molar-refractivity contribution in [3.05, 3.63) is 10.4 Å². The fraction of sp³-hybridized carbons (Fsp3) is 0.600. The molecule has 0 radical (unpaired) electrons. The van der Waals surface area contributed by atoms with Crippen molar-refractivity contribution in [3.8, 4) is 6.07 Å². The first-order chi connectivity index (χ1) is 10.1. The van der Waals surface area contributed by atoms with Crippen LogP contribution in [0.25, 0.3) is 0 Å². The van der Waals surface area contributed by atoms with Gasteiger partial charge in [-0.3, -0.25) is 0 Å². The van der Waals surface area contributed by atoms with Crippen LogP contribution in [0.5, 0.6) is 0 Å². The van der Waals surface area contributed by atoms with Crippen molar-refractivity contribution in [3.63, 3.8) is 0 Å². The van der Waals surface area contributed by atoms with Gasteiger partial charge in [-0.15, -0.1) is 11.3 Å². The van der Waals surface area contributed by atoms with Crippen molar-refractivity contribution in [2.45, 2.75) is 32.6 Å². The number of nitrogens with two attached hydrogens (primary N) is 1. The minimum atomic E-state index is -0.471. The first kappa shape index (κ1) is 15.6. The molecule has 0 aliphatic carbocycles. The van der Waals surface area contributed by atoms with Gasteiger partial charge in [0.15, 0.2) is 0 Å². The summed E-state index contributed by atoms with van der Waals surface area (Å²) in [6.07, 6.45) is 4.64.